The van der Waals surface area contributed by atoms with Crippen molar-refractivity contribution in [1.29, 1.82) is 0 Å². The van der Waals surface area contributed by atoms with Gasteiger partial charge >= 0.3 is 0 Å². The number of hydrogen-bond donors (Lipinski definition) is 1. The van der Waals surface area contributed by atoms with E-state index in [1.54, 1.807) is 12.1 Å². The Morgan fingerprint density at radius 2 is 1.62 bits per heavy atom. The van der Waals surface area contributed by atoms with Gasteiger partial charge in [-0.1, -0.05) is 68.2 Å². The van der Waals surface area contributed by atoms with E-state index in [-0.39, 0.29) is 16.7 Å². The molecule has 142 valence electrons. The maximum absolute atomic E-state index is 10.9. The summed E-state index contributed by atoms with van der Waals surface area (Å²) in [6.07, 6.45) is 3.96. The van der Waals surface area contributed by atoms with Crippen molar-refractivity contribution in [3.05, 3.63) is 106 Å². The Morgan fingerprint density at radius 1 is 0.931 bits per heavy atom. The van der Waals surface area contributed by atoms with Crippen LogP contribution in [0.3, 0.4) is 0 Å². The van der Waals surface area contributed by atoms with Crippen molar-refractivity contribution in [3.8, 4) is 17.6 Å². The molecule has 0 atom stereocenters. The fraction of sp³-hybridized carbons (Fsp3) is 0.148. The highest BCUT2D eigenvalue weighted by molar-refractivity contribution is 5.84. The zero-order chi connectivity index (χ0) is 20.4. The summed E-state index contributed by atoms with van der Waals surface area (Å²) in [4.78, 5) is 10.9. The second-order valence-electron chi connectivity index (χ2n) is 7.97. The van der Waals surface area contributed by atoms with Crippen molar-refractivity contribution in [1.82, 2.24) is 0 Å². The largest absolute Gasteiger partial charge is 0.507 e. The van der Waals surface area contributed by atoms with Crippen LogP contribution in [0.15, 0.2) is 72.8 Å². The third-order valence-corrected chi connectivity index (χ3v) is 5.45. The summed E-state index contributed by atoms with van der Waals surface area (Å²) in [6, 6.07) is 21.7. The SMILES string of the molecule is CC1(C)CC=C(c2ccccc2)c2cc(C#Cc3ccc(C=O)c(O)c3)ccc21. The molecule has 2 nitrogen and oxygen atoms in total. The fourth-order valence-electron chi connectivity index (χ4n) is 3.77. The molecule has 0 aromatic heterocycles. The molecule has 0 heterocycles. The topological polar surface area (TPSA) is 37.3 Å². The molecule has 0 aliphatic heterocycles. The molecule has 1 N–H and O–H groups in total. The smallest absolute Gasteiger partial charge is 0.153 e. The monoisotopic (exact) mass is 378 g/mol. The van der Waals surface area contributed by atoms with Gasteiger partial charge in [-0.3, -0.25) is 4.79 Å². The summed E-state index contributed by atoms with van der Waals surface area (Å²) in [7, 11) is 0. The molecule has 0 saturated heterocycles. The number of rotatable bonds is 2. The Balaban J connectivity index is 1.75. The highest BCUT2D eigenvalue weighted by Crippen LogP contribution is 2.41. The lowest BCUT2D eigenvalue weighted by atomic mass is 9.72. The molecule has 0 bridgehead atoms. The maximum atomic E-state index is 10.9. The van der Waals surface area contributed by atoms with Gasteiger partial charge in [0, 0.05) is 11.1 Å². The van der Waals surface area contributed by atoms with Crippen LogP contribution in [0.1, 0.15) is 58.4 Å². The van der Waals surface area contributed by atoms with Crippen LogP contribution >= 0.6 is 0 Å². The fourth-order valence-corrected chi connectivity index (χ4v) is 3.77. The number of aromatic hydroxyl groups is 1. The first kappa shape index (κ1) is 18.8. The molecule has 0 spiro atoms. The molecule has 2 heteroatoms. The minimum absolute atomic E-state index is 0.0479. The van der Waals surface area contributed by atoms with E-state index < -0.39 is 0 Å². The van der Waals surface area contributed by atoms with E-state index in [0.29, 0.717) is 11.8 Å². The first-order valence-electron chi connectivity index (χ1n) is 9.69. The number of aldehydes is 1. The molecule has 0 radical (unpaired) electrons. The average molecular weight is 378 g/mol. The Kier molecular flexibility index (Phi) is 4.82. The molecule has 4 rings (SSSR count). The van der Waals surface area contributed by atoms with Crippen LogP contribution < -0.4 is 0 Å². The first-order valence-corrected chi connectivity index (χ1v) is 9.69. The number of phenols is 1. The number of carbonyl (C=O) groups excluding carboxylic acids is 1. The number of carbonyl (C=O) groups is 1. The Labute approximate surface area is 171 Å². The second-order valence-corrected chi connectivity index (χ2v) is 7.97. The molecule has 3 aromatic carbocycles. The minimum Gasteiger partial charge on any atom is -0.507 e. The van der Waals surface area contributed by atoms with Crippen molar-refractivity contribution in [3.63, 3.8) is 0 Å². The minimum atomic E-state index is -0.0479. The van der Waals surface area contributed by atoms with E-state index in [2.05, 4.69) is 74.2 Å². The van der Waals surface area contributed by atoms with E-state index in [1.165, 1.54) is 28.3 Å². The number of benzene rings is 3. The van der Waals surface area contributed by atoms with Gasteiger partial charge in [0.2, 0.25) is 0 Å². The van der Waals surface area contributed by atoms with Gasteiger partial charge in [-0.2, -0.15) is 0 Å². The molecule has 3 aromatic rings. The van der Waals surface area contributed by atoms with Crippen LogP contribution in [-0.4, -0.2) is 11.4 Å². The van der Waals surface area contributed by atoms with Crippen LogP contribution in [0.4, 0.5) is 0 Å². The van der Waals surface area contributed by atoms with Gasteiger partial charge < -0.3 is 5.11 Å². The number of allylic oxidation sites excluding steroid dienone is 1. The molecule has 29 heavy (non-hydrogen) atoms. The molecular formula is C27H22O2. The van der Waals surface area contributed by atoms with Gasteiger partial charge in [-0.05, 0) is 64.4 Å². The van der Waals surface area contributed by atoms with Crippen molar-refractivity contribution < 1.29 is 9.90 Å². The number of phenolic OH excluding ortho intramolecular Hbond substituents is 1. The van der Waals surface area contributed by atoms with E-state index >= 15 is 0 Å². The van der Waals surface area contributed by atoms with Gasteiger partial charge in [-0.15, -0.1) is 0 Å². The lowest BCUT2D eigenvalue weighted by molar-refractivity contribution is 0.112. The summed E-state index contributed by atoms with van der Waals surface area (Å²) in [5.41, 5.74) is 6.95. The lowest BCUT2D eigenvalue weighted by Gasteiger charge is -2.32. The molecule has 0 saturated carbocycles. The van der Waals surface area contributed by atoms with Gasteiger partial charge in [0.25, 0.3) is 0 Å². The van der Waals surface area contributed by atoms with Crippen LogP contribution in [0.5, 0.6) is 5.75 Å². The summed E-state index contributed by atoms with van der Waals surface area (Å²) >= 11 is 0. The van der Waals surface area contributed by atoms with Gasteiger partial charge in [0.05, 0.1) is 5.56 Å². The van der Waals surface area contributed by atoms with Gasteiger partial charge in [0.1, 0.15) is 5.75 Å². The van der Waals surface area contributed by atoms with Crippen molar-refractivity contribution in [2.24, 2.45) is 0 Å². The highest BCUT2D eigenvalue weighted by Gasteiger charge is 2.28. The molecular weight excluding hydrogens is 356 g/mol. The van der Waals surface area contributed by atoms with E-state index in [0.717, 1.165) is 12.0 Å². The van der Waals surface area contributed by atoms with E-state index in [4.69, 9.17) is 0 Å². The zero-order valence-corrected chi connectivity index (χ0v) is 16.6. The van der Waals surface area contributed by atoms with Crippen LogP contribution in [0.2, 0.25) is 0 Å². The molecule has 0 unspecified atom stereocenters. The summed E-state index contributed by atoms with van der Waals surface area (Å²) in [5.74, 6) is 6.24. The van der Waals surface area contributed by atoms with Crippen molar-refractivity contribution in [2.45, 2.75) is 25.7 Å². The van der Waals surface area contributed by atoms with E-state index in [1.807, 2.05) is 6.07 Å². The summed E-state index contributed by atoms with van der Waals surface area (Å²) < 4.78 is 0. The maximum Gasteiger partial charge on any atom is 0.153 e. The Morgan fingerprint density at radius 3 is 2.31 bits per heavy atom. The molecule has 0 amide bonds. The van der Waals surface area contributed by atoms with Crippen LogP contribution in [-0.2, 0) is 5.41 Å². The van der Waals surface area contributed by atoms with Crippen molar-refractivity contribution >= 4 is 11.9 Å². The lowest BCUT2D eigenvalue weighted by Crippen LogP contribution is -2.21. The Hall–Kier alpha value is -3.57. The van der Waals surface area contributed by atoms with Gasteiger partial charge in [-0.25, -0.2) is 0 Å². The summed E-state index contributed by atoms with van der Waals surface area (Å²) in [5, 5.41) is 9.86. The second kappa shape index (κ2) is 7.45. The zero-order valence-electron chi connectivity index (χ0n) is 16.6. The normalized spacial score (nSPS) is 14.2. The predicted octanol–water partition coefficient (Wildman–Crippen LogP) is 5.72. The third-order valence-electron chi connectivity index (χ3n) is 5.45. The predicted molar refractivity (Wildman–Crippen MR) is 117 cm³/mol. The number of fused-ring (bicyclic) bond motifs is 1. The van der Waals surface area contributed by atoms with Crippen LogP contribution in [0.25, 0.3) is 5.57 Å². The molecule has 0 fully saturated rings. The van der Waals surface area contributed by atoms with Crippen LogP contribution in [0, 0.1) is 11.8 Å². The molecule has 1 aliphatic carbocycles. The first-order chi connectivity index (χ1) is 14.0. The quantitative estimate of drug-likeness (QED) is 0.458. The Bertz CT molecular complexity index is 1170. The van der Waals surface area contributed by atoms with Gasteiger partial charge in [0.15, 0.2) is 6.29 Å². The van der Waals surface area contributed by atoms with Crippen molar-refractivity contribution in [2.75, 3.05) is 0 Å². The third kappa shape index (κ3) is 3.73. The highest BCUT2D eigenvalue weighted by atomic mass is 16.3. The standard InChI is InChI=1S/C27H22O2/c1-27(2)15-14-23(21-6-4-3-5-7-21)24-16-19(11-13-25(24)27)8-9-20-10-12-22(18-28)26(29)17-20/h3-7,10-14,16-18,29H,15H2,1-2H3. The summed E-state index contributed by atoms with van der Waals surface area (Å²) in [6.45, 7) is 4.54. The average Bonchev–Trinajstić information content (AvgIpc) is 2.73. The molecule has 1 aliphatic rings. The van der Waals surface area contributed by atoms with E-state index in [9.17, 15) is 9.90 Å². The number of hydrogen-bond acceptors (Lipinski definition) is 2.